The molecule has 1 aliphatic carbocycles. The number of benzene rings is 1. The summed E-state index contributed by atoms with van der Waals surface area (Å²) < 4.78 is 13.4. The Hall–Kier alpha value is -0.0800. The van der Waals surface area contributed by atoms with Crippen LogP contribution in [0.1, 0.15) is 18.4 Å². The van der Waals surface area contributed by atoms with E-state index in [0.717, 1.165) is 17.3 Å². The first-order valence-electron chi connectivity index (χ1n) is 4.65. The first kappa shape index (κ1) is 10.4. The molecule has 2 rings (SSSR count). The number of halogens is 3. The Labute approximate surface area is 96.6 Å². The highest BCUT2D eigenvalue weighted by atomic mass is 79.9. The highest BCUT2D eigenvalue weighted by Crippen LogP contribution is 2.50. The van der Waals surface area contributed by atoms with E-state index in [-0.39, 0.29) is 5.82 Å². The third-order valence-corrected chi connectivity index (χ3v) is 4.24. The third kappa shape index (κ3) is 2.12. The molecule has 14 heavy (non-hydrogen) atoms. The lowest BCUT2D eigenvalue weighted by Crippen LogP contribution is -2.07. The molecule has 1 fully saturated rings. The van der Waals surface area contributed by atoms with E-state index in [1.54, 1.807) is 12.1 Å². The molecular weight excluding hydrogens is 266 g/mol. The van der Waals surface area contributed by atoms with Crippen molar-refractivity contribution in [1.82, 2.24) is 0 Å². The number of alkyl halides is 1. The molecule has 0 atom stereocenters. The van der Waals surface area contributed by atoms with E-state index < -0.39 is 0 Å². The Morgan fingerprint density at radius 1 is 1.43 bits per heavy atom. The molecule has 1 aliphatic rings. The van der Waals surface area contributed by atoms with Crippen LogP contribution in [0.3, 0.4) is 0 Å². The number of rotatable bonds is 3. The van der Waals surface area contributed by atoms with Crippen molar-refractivity contribution in [3.63, 3.8) is 0 Å². The minimum absolute atomic E-state index is 0.137. The first-order chi connectivity index (χ1) is 6.65. The van der Waals surface area contributed by atoms with Crippen LogP contribution in [-0.4, -0.2) is 5.33 Å². The second-order valence-corrected chi connectivity index (χ2v) is 5.04. The molecule has 0 heterocycles. The van der Waals surface area contributed by atoms with Gasteiger partial charge < -0.3 is 0 Å². The second kappa shape index (κ2) is 3.82. The molecule has 0 spiro atoms. The molecule has 0 N–H and O–H groups in total. The van der Waals surface area contributed by atoms with Crippen LogP contribution < -0.4 is 0 Å². The summed E-state index contributed by atoms with van der Waals surface area (Å²) in [4.78, 5) is 0. The predicted molar refractivity (Wildman–Crippen MR) is 60.6 cm³/mol. The summed E-state index contributed by atoms with van der Waals surface area (Å²) in [7, 11) is 0. The van der Waals surface area contributed by atoms with Crippen LogP contribution in [0.4, 0.5) is 4.39 Å². The fourth-order valence-corrected chi connectivity index (χ4v) is 2.57. The van der Waals surface area contributed by atoms with Crippen molar-refractivity contribution in [2.75, 3.05) is 5.33 Å². The van der Waals surface area contributed by atoms with Crippen LogP contribution in [0.5, 0.6) is 0 Å². The average Bonchev–Trinajstić information content (AvgIpc) is 2.92. The topological polar surface area (TPSA) is 0 Å². The molecule has 0 saturated heterocycles. The van der Waals surface area contributed by atoms with Crippen LogP contribution in [0.2, 0.25) is 5.02 Å². The van der Waals surface area contributed by atoms with E-state index in [0.29, 0.717) is 10.4 Å². The summed E-state index contributed by atoms with van der Waals surface area (Å²) in [5.41, 5.74) is 1.04. The lowest BCUT2D eigenvalue weighted by Gasteiger charge is -2.11. The predicted octanol–water partition coefficient (Wildman–Crippen LogP) is 4.20. The van der Waals surface area contributed by atoms with E-state index in [1.165, 1.54) is 18.9 Å². The average molecular weight is 278 g/mol. The molecule has 1 saturated carbocycles. The zero-order chi connectivity index (χ0) is 10.2. The Bertz CT molecular complexity index is 347. The molecule has 0 nitrogen and oxygen atoms in total. The lowest BCUT2D eigenvalue weighted by atomic mass is 9.98. The zero-order valence-corrected chi connectivity index (χ0v) is 10.0. The van der Waals surface area contributed by atoms with Crippen LogP contribution in [-0.2, 0) is 6.42 Å². The van der Waals surface area contributed by atoms with Crippen molar-refractivity contribution in [1.29, 1.82) is 0 Å². The molecule has 0 unspecified atom stereocenters. The fourth-order valence-electron chi connectivity index (χ4n) is 1.62. The van der Waals surface area contributed by atoms with Crippen LogP contribution in [0, 0.1) is 11.2 Å². The van der Waals surface area contributed by atoms with Gasteiger partial charge in [0.25, 0.3) is 0 Å². The van der Waals surface area contributed by atoms with Gasteiger partial charge in [-0.25, -0.2) is 4.39 Å². The molecule has 1 aromatic carbocycles. The molecule has 1 aromatic rings. The van der Waals surface area contributed by atoms with Gasteiger partial charge >= 0.3 is 0 Å². The zero-order valence-electron chi connectivity index (χ0n) is 7.69. The standard InChI is InChI=1S/C11H11BrClF/c12-7-11(3-4-11)6-8-5-9(13)1-2-10(8)14/h1-2,5H,3-4,6-7H2. The van der Waals surface area contributed by atoms with Gasteiger partial charge in [-0.3, -0.25) is 0 Å². The summed E-state index contributed by atoms with van der Waals surface area (Å²) in [5, 5.41) is 1.57. The summed E-state index contributed by atoms with van der Waals surface area (Å²) in [6, 6.07) is 4.77. The maximum atomic E-state index is 13.4. The summed E-state index contributed by atoms with van der Waals surface area (Å²) in [6.07, 6.45) is 3.17. The van der Waals surface area contributed by atoms with Gasteiger partial charge in [-0.05, 0) is 48.4 Å². The van der Waals surface area contributed by atoms with Gasteiger partial charge in [-0.2, -0.15) is 0 Å². The normalized spacial score (nSPS) is 18.2. The lowest BCUT2D eigenvalue weighted by molar-refractivity contribution is 0.544. The van der Waals surface area contributed by atoms with E-state index in [9.17, 15) is 4.39 Å². The van der Waals surface area contributed by atoms with Crippen LogP contribution in [0.15, 0.2) is 18.2 Å². The van der Waals surface area contributed by atoms with Crippen molar-refractivity contribution in [3.8, 4) is 0 Å². The molecule has 76 valence electrons. The Kier molecular flexibility index (Phi) is 2.85. The third-order valence-electron chi connectivity index (χ3n) is 2.81. The minimum Gasteiger partial charge on any atom is -0.207 e. The maximum Gasteiger partial charge on any atom is 0.126 e. The molecule has 3 heteroatoms. The van der Waals surface area contributed by atoms with Gasteiger partial charge in [0.1, 0.15) is 5.82 Å². The summed E-state index contributed by atoms with van der Waals surface area (Å²) in [5.74, 6) is -0.137. The maximum absolute atomic E-state index is 13.4. The second-order valence-electron chi connectivity index (χ2n) is 4.05. The molecule has 0 aliphatic heterocycles. The van der Waals surface area contributed by atoms with Gasteiger partial charge in [0, 0.05) is 10.4 Å². The molecular formula is C11H11BrClF. The van der Waals surface area contributed by atoms with Crippen molar-refractivity contribution in [2.45, 2.75) is 19.3 Å². The minimum atomic E-state index is -0.137. The summed E-state index contributed by atoms with van der Waals surface area (Å²) in [6.45, 7) is 0. The van der Waals surface area contributed by atoms with E-state index >= 15 is 0 Å². The molecule has 0 amide bonds. The van der Waals surface area contributed by atoms with Gasteiger partial charge in [0.15, 0.2) is 0 Å². The van der Waals surface area contributed by atoms with Crippen LogP contribution >= 0.6 is 27.5 Å². The Morgan fingerprint density at radius 3 is 2.71 bits per heavy atom. The Balaban J connectivity index is 2.20. The fraction of sp³-hybridized carbons (Fsp3) is 0.455. The van der Waals surface area contributed by atoms with E-state index in [1.807, 2.05) is 0 Å². The van der Waals surface area contributed by atoms with Gasteiger partial charge in [0.2, 0.25) is 0 Å². The molecule has 0 bridgehead atoms. The Morgan fingerprint density at radius 2 is 2.14 bits per heavy atom. The quantitative estimate of drug-likeness (QED) is 0.727. The SMILES string of the molecule is Fc1ccc(Cl)cc1CC1(CBr)CC1. The van der Waals surface area contributed by atoms with E-state index in [4.69, 9.17) is 11.6 Å². The first-order valence-corrected chi connectivity index (χ1v) is 6.15. The van der Waals surface area contributed by atoms with Gasteiger partial charge in [-0.1, -0.05) is 27.5 Å². The largest absolute Gasteiger partial charge is 0.207 e. The highest BCUT2D eigenvalue weighted by molar-refractivity contribution is 9.09. The number of hydrogen-bond donors (Lipinski definition) is 0. The monoisotopic (exact) mass is 276 g/mol. The number of hydrogen-bond acceptors (Lipinski definition) is 0. The summed E-state index contributed by atoms with van der Waals surface area (Å²) >= 11 is 9.31. The van der Waals surface area contributed by atoms with Gasteiger partial charge in [-0.15, -0.1) is 0 Å². The molecule has 0 aromatic heterocycles. The highest BCUT2D eigenvalue weighted by Gasteiger charge is 2.41. The molecule has 0 radical (unpaired) electrons. The smallest absolute Gasteiger partial charge is 0.126 e. The van der Waals surface area contributed by atoms with Gasteiger partial charge in [0.05, 0.1) is 0 Å². The van der Waals surface area contributed by atoms with Crippen LogP contribution in [0.25, 0.3) is 0 Å². The van der Waals surface area contributed by atoms with Crippen molar-refractivity contribution in [2.24, 2.45) is 5.41 Å². The van der Waals surface area contributed by atoms with Crippen molar-refractivity contribution in [3.05, 3.63) is 34.6 Å². The van der Waals surface area contributed by atoms with Crippen molar-refractivity contribution >= 4 is 27.5 Å². The van der Waals surface area contributed by atoms with E-state index in [2.05, 4.69) is 15.9 Å². The van der Waals surface area contributed by atoms with Crippen molar-refractivity contribution < 1.29 is 4.39 Å².